The Hall–Kier alpha value is -1.35. The van der Waals surface area contributed by atoms with Crippen LogP contribution in [0.5, 0.6) is 5.75 Å². The maximum atomic E-state index is 11.8. The molecular weight excluding hydrogens is 202 g/mol. The molecule has 3 heteroatoms. The SMILES string of the molecule is COc1ccc(C)cc1CC(=O)C(C)(C)N. The summed E-state index contributed by atoms with van der Waals surface area (Å²) in [5.41, 5.74) is 6.97. The first-order chi connectivity index (χ1) is 7.34. The molecule has 0 heterocycles. The van der Waals surface area contributed by atoms with E-state index in [0.717, 1.165) is 16.9 Å². The van der Waals surface area contributed by atoms with Gasteiger partial charge in [0.15, 0.2) is 5.78 Å². The van der Waals surface area contributed by atoms with Gasteiger partial charge in [0.05, 0.1) is 12.6 Å². The second-order valence-corrected chi connectivity index (χ2v) is 4.64. The summed E-state index contributed by atoms with van der Waals surface area (Å²) in [6.07, 6.45) is 0.314. The average molecular weight is 221 g/mol. The fraction of sp³-hybridized carbons (Fsp3) is 0.462. The maximum Gasteiger partial charge on any atom is 0.156 e. The van der Waals surface area contributed by atoms with E-state index in [-0.39, 0.29) is 5.78 Å². The van der Waals surface area contributed by atoms with Gasteiger partial charge in [0, 0.05) is 12.0 Å². The summed E-state index contributed by atoms with van der Waals surface area (Å²) < 4.78 is 5.22. The summed E-state index contributed by atoms with van der Waals surface area (Å²) >= 11 is 0. The number of carbonyl (C=O) groups excluding carboxylic acids is 1. The summed E-state index contributed by atoms with van der Waals surface area (Å²) in [5, 5.41) is 0. The van der Waals surface area contributed by atoms with Crippen molar-refractivity contribution in [2.75, 3.05) is 7.11 Å². The topological polar surface area (TPSA) is 52.3 Å². The van der Waals surface area contributed by atoms with Crippen LogP contribution in [-0.2, 0) is 11.2 Å². The Balaban J connectivity index is 2.96. The first-order valence-corrected chi connectivity index (χ1v) is 5.30. The van der Waals surface area contributed by atoms with Gasteiger partial charge in [-0.2, -0.15) is 0 Å². The highest BCUT2D eigenvalue weighted by Gasteiger charge is 2.22. The summed E-state index contributed by atoms with van der Waals surface area (Å²) in [6, 6.07) is 5.80. The van der Waals surface area contributed by atoms with Gasteiger partial charge in [0.25, 0.3) is 0 Å². The minimum absolute atomic E-state index is 0.0106. The zero-order chi connectivity index (χ0) is 12.3. The van der Waals surface area contributed by atoms with E-state index in [2.05, 4.69) is 0 Å². The quantitative estimate of drug-likeness (QED) is 0.844. The smallest absolute Gasteiger partial charge is 0.156 e. The fourth-order valence-electron chi connectivity index (χ4n) is 1.45. The molecule has 0 spiro atoms. The van der Waals surface area contributed by atoms with Crippen molar-refractivity contribution in [3.05, 3.63) is 29.3 Å². The van der Waals surface area contributed by atoms with Crippen LogP contribution in [0.1, 0.15) is 25.0 Å². The summed E-state index contributed by atoms with van der Waals surface area (Å²) in [6.45, 7) is 5.43. The number of hydrogen-bond acceptors (Lipinski definition) is 3. The van der Waals surface area contributed by atoms with Crippen LogP contribution in [0.15, 0.2) is 18.2 Å². The molecule has 0 bridgehead atoms. The molecule has 0 atom stereocenters. The highest BCUT2D eigenvalue weighted by atomic mass is 16.5. The van der Waals surface area contributed by atoms with Crippen molar-refractivity contribution in [2.45, 2.75) is 32.7 Å². The number of rotatable bonds is 4. The molecule has 0 amide bonds. The molecule has 0 saturated heterocycles. The number of carbonyl (C=O) groups is 1. The molecule has 88 valence electrons. The van der Waals surface area contributed by atoms with Crippen molar-refractivity contribution in [3.8, 4) is 5.75 Å². The van der Waals surface area contributed by atoms with Gasteiger partial charge in [-0.25, -0.2) is 0 Å². The first-order valence-electron chi connectivity index (χ1n) is 5.30. The molecule has 16 heavy (non-hydrogen) atoms. The molecule has 0 aliphatic rings. The monoisotopic (exact) mass is 221 g/mol. The van der Waals surface area contributed by atoms with Crippen LogP contribution in [0.3, 0.4) is 0 Å². The molecule has 1 rings (SSSR count). The van der Waals surface area contributed by atoms with Gasteiger partial charge in [-0.3, -0.25) is 4.79 Å². The van der Waals surface area contributed by atoms with Gasteiger partial charge in [-0.1, -0.05) is 17.7 Å². The predicted octanol–water partition coefficient (Wildman–Crippen LogP) is 1.85. The molecule has 0 fully saturated rings. The minimum atomic E-state index is -0.797. The van der Waals surface area contributed by atoms with E-state index in [1.54, 1.807) is 21.0 Å². The van der Waals surface area contributed by atoms with Crippen LogP contribution in [0.2, 0.25) is 0 Å². The van der Waals surface area contributed by atoms with Crippen LogP contribution < -0.4 is 10.5 Å². The van der Waals surface area contributed by atoms with Crippen molar-refractivity contribution in [2.24, 2.45) is 5.73 Å². The number of hydrogen-bond donors (Lipinski definition) is 1. The van der Waals surface area contributed by atoms with Crippen molar-refractivity contribution in [3.63, 3.8) is 0 Å². The largest absolute Gasteiger partial charge is 0.496 e. The second-order valence-electron chi connectivity index (χ2n) is 4.64. The van der Waals surface area contributed by atoms with Crippen LogP contribution in [0.25, 0.3) is 0 Å². The van der Waals surface area contributed by atoms with Crippen molar-refractivity contribution < 1.29 is 9.53 Å². The molecule has 0 saturated carbocycles. The Morgan fingerprint density at radius 2 is 2.06 bits per heavy atom. The minimum Gasteiger partial charge on any atom is -0.496 e. The van der Waals surface area contributed by atoms with E-state index >= 15 is 0 Å². The molecule has 3 nitrogen and oxygen atoms in total. The maximum absolute atomic E-state index is 11.8. The predicted molar refractivity (Wildman–Crippen MR) is 64.7 cm³/mol. The summed E-state index contributed by atoms with van der Waals surface area (Å²) in [5.74, 6) is 0.750. The highest BCUT2D eigenvalue weighted by Crippen LogP contribution is 2.21. The Morgan fingerprint density at radius 3 is 2.56 bits per heavy atom. The molecule has 1 aromatic rings. The van der Waals surface area contributed by atoms with Gasteiger partial charge >= 0.3 is 0 Å². The summed E-state index contributed by atoms with van der Waals surface area (Å²) in [7, 11) is 1.60. The van der Waals surface area contributed by atoms with E-state index in [9.17, 15) is 4.79 Å². The van der Waals surface area contributed by atoms with Gasteiger partial charge in [0.2, 0.25) is 0 Å². The van der Waals surface area contributed by atoms with Gasteiger partial charge in [-0.05, 0) is 26.8 Å². The third-order valence-corrected chi connectivity index (χ3v) is 2.51. The molecular formula is C13H19NO2. The number of nitrogens with two attached hydrogens (primary N) is 1. The Labute approximate surface area is 96.6 Å². The molecule has 0 aliphatic heterocycles. The van der Waals surface area contributed by atoms with Crippen molar-refractivity contribution in [1.82, 2.24) is 0 Å². The van der Waals surface area contributed by atoms with Gasteiger partial charge in [0.1, 0.15) is 5.75 Å². The summed E-state index contributed by atoms with van der Waals surface area (Å²) in [4.78, 5) is 11.8. The molecule has 0 aromatic heterocycles. The normalized spacial score (nSPS) is 11.3. The second kappa shape index (κ2) is 4.66. The van der Waals surface area contributed by atoms with Crippen LogP contribution in [0.4, 0.5) is 0 Å². The van der Waals surface area contributed by atoms with Crippen molar-refractivity contribution in [1.29, 1.82) is 0 Å². The zero-order valence-corrected chi connectivity index (χ0v) is 10.3. The first kappa shape index (κ1) is 12.7. The number of ether oxygens (including phenoxy) is 1. The number of ketones is 1. The Bertz CT molecular complexity index is 391. The van der Waals surface area contributed by atoms with Crippen LogP contribution in [-0.4, -0.2) is 18.4 Å². The lowest BCUT2D eigenvalue weighted by Gasteiger charge is -2.18. The highest BCUT2D eigenvalue weighted by molar-refractivity contribution is 5.89. The third kappa shape index (κ3) is 3.07. The number of aryl methyl sites for hydroxylation is 1. The Kier molecular flexibility index (Phi) is 3.70. The standard InChI is InChI=1S/C13H19NO2/c1-9-5-6-11(16-4)10(7-9)8-12(15)13(2,3)14/h5-7H,8,14H2,1-4H3. The fourth-order valence-corrected chi connectivity index (χ4v) is 1.45. The number of benzene rings is 1. The van der Waals surface area contributed by atoms with E-state index in [1.165, 1.54) is 0 Å². The lowest BCUT2D eigenvalue weighted by atomic mass is 9.94. The third-order valence-electron chi connectivity index (χ3n) is 2.51. The van der Waals surface area contributed by atoms with E-state index in [4.69, 9.17) is 10.5 Å². The average Bonchev–Trinajstić information content (AvgIpc) is 2.16. The molecule has 0 unspecified atom stereocenters. The van der Waals surface area contributed by atoms with E-state index in [1.807, 2.05) is 25.1 Å². The zero-order valence-electron chi connectivity index (χ0n) is 10.3. The molecule has 2 N–H and O–H groups in total. The van der Waals surface area contributed by atoms with Crippen LogP contribution >= 0.6 is 0 Å². The lowest BCUT2D eigenvalue weighted by molar-refractivity contribution is -0.122. The van der Waals surface area contributed by atoms with Crippen LogP contribution in [0, 0.1) is 6.92 Å². The van der Waals surface area contributed by atoms with E-state index in [0.29, 0.717) is 6.42 Å². The van der Waals surface area contributed by atoms with Crippen molar-refractivity contribution >= 4 is 5.78 Å². The molecule has 0 aliphatic carbocycles. The Morgan fingerprint density at radius 1 is 1.44 bits per heavy atom. The number of Topliss-reactive ketones (excluding diaryl/α,β-unsaturated/α-hetero) is 1. The molecule has 1 aromatic carbocycles. The van der Waals surface area contributed by atoms with Gasteiger partial charge in [-0.15, -0.1) is 0 Å². The van der Waals surface area contributed by atoms with E-state index < -0.39 is 5.54 Å². The number of methoxy groups -OCH3 is 1. The van der Waals surface area contributed by atoms with Gasteiger partial charge < -0.3 is 10.5 Å². The lowest BCUT2D eigenvalue weighted by Crippen LogP contribution is -2.42. The molecule has 0 radical (unpaired) electrons.